The van der Waals surface area contributed by atoms with Crippen molar-refractivity contribution in [1.82, 2.24) is 5.32 Å². The molecule has 1 amide bonds. The van der Waals surface area contributed by atoms with E-state index >= 15 is 0 Å². The molecule has 0 aliphatic heterocycles. The first-order valence-corrected chi connectivity index (χ1v) is 6.54. The summed E-state index contributed by atoms with van der Waals surface area (Å²) < 4.78 is 5.68. The number of carbonyl (C=O) groups is 1. The van der Waals surface area contributed by atoms with Crippen molar-refractivity contribution >= 4 is 5.91 Å². The van der Waals surface area contributed by atoms with Crippen LogP contribution in [0.15, 0.2) is 18.2 Å². The lowest BCUT2D eigenvalue weighted by atomic mass is 10.1. The Morgan fingerprint density at radius 1 is 1.32 bits per heavy atom. The van der Waals surface area contributed by atoms with Crippen molar-refractivity contribution in [3.05, 3.63) is 29.3 Å². The van der Waals surface area contributed by atoms with Gasteiger partial charge in [0.15, 0.2) is 0 Å². The van der Waals surface area contributed by atoms with Crippen LogP contribution in [0.1, 0.15) is 31.4 Å². The number of amides is 1. The van der Waals surface area contributed by atoms with E-state index in [4.69, 9.17) is 10.5 Å². The average Bonchev–Trinajstić information content (AvgIpc) is 2.29. The van der Waals surface area contributed by atoms with Gasteiger partial charge in [0.05, 0.1) is 13.0 Å². The molecule has 0 saturated carbocycles. The molecule has 1 aromatic rings. The summed E-state index contributed by atoms with van der Waals surface area (Å²) in [6.07, 6.45) is 0.337. The monoisotopic (exact) mass is 264 g/mol. The largest absolute Gasteiger partial charge is 0.493 e. The van der Waals surface area contributed by atoms with Crippen molar-refractivity contribution in [3.8, 4) is 5.75 Å². The van der Waals surface area contributed by atoms with E-state index in [0.717, 1.165) is 16.9 Å². The van der Waals surface area contributed by atoms with Gasteiger partial charge in [-0.15, -0.1) is 0 Å². The third kappa shape index (κ3) is 5.75. The third-order valence-corrected chi connectivity index (χ3v) is 2.73. The van der Waals surface area contributed by atoms with E-state index in [0.29, 0.717) is 19.6 Å². The van der Waals surface area contributed by atoms with Crippen molar-refractivity contribution in [1.29, 1.82) is 0 Å². The van der Waals surface area contributed by atoms with Gasteiger partial charge in [-0.2, -0.15) is 0 Å². The van der Waals surface area contributed by atoms with E-state index in [2.05, 4.69) is 5.32 Å². The first-order chi connectivity index (χ1) is 8.79. The van der Waals surface area contributed by atoms with Gasteiger partial charge in [-0.1, -0.05) is 18.2 Å². The minimum absolute atomic E-state index is 0.0373. The molecule has 0 fully saturated rings. The fraction of sp³-hybridized carbons (Fsp3) is 0.533. The lowest BCUT2D eigenvalue weighted by Crippen LogP contribution is -2.45. The highest BCUT2D eigenvalue weighted by Gasteiger charge is 2.12. The Bertz CT molecular complexity index is 416. The number of hydrogen-bond donors (Lipinski definition) is 2. The minimum Gasteiger partial charge on any atom is -0.493 e. The topological polar surface area (TPSA) is 64.3 Å². The molecule has 0 aromatic heterocycles. The Labute approximate surface area is 115 Å². The van der Waals surface area contributed by atoms with Gasteiger partial charge in [0.1, 0.15) is 5.75 Å². The van der Waals surface area contributed by atoms with E-state index in [-0.39, 0.29) is 11.4 Å². The summed E-state index contributed by atoms with van der Waals surface area (Å²) in [7, 11) is 0. The Morgan fingerprint density at radius 2 is 1.89 bits per heavy atom. The second-order valence-electron chi connectivity index (χ2n) is 5.58. The first-order valence-electron chi connectivity index (χ1n) is 6.54. The molecule has 0 bridgehead atoms. The van der Waals surface area contributed by atoms with Crippen LogP contribution in [0.25, 0.3) is 0 Å². The molecule has 1 rings (SSSR count). The maximum Gasteiger partial charge on any atom is 0.223 e. The van der Waals surface area contributed by atoms with Gasteiger partial charge in [0.25, 0.3) is 0 Å². The second-order valence-corrected chi connectivity index (χ2v) is 5.58. The average molecular weight is 264 g/mol. The van der Waals surface area contributed by atoms with Crippen LogP contribution in [0, 0.1) is 13.8 Å². The quantitative estimate of drug-likeness (QED) is 0.825. The van der Waals surface area contributed by atoms with Gasteiger partial charge in [0, 0.05) is 12.1 Å². The SMILES string of the molecule is Cc1cccc(C)c1OCCC(=O)NCC(C)(C)N. The number of rotatable bonds is 6. The predicted octanol–water partition coefficient (Wildman–Crippen LogP) is 1.93. The second kappa shape index (κ2) is 6.57. The third-order valence-electron chi connectivity index (χ3n) is 2.73. The van der Waals surface area contributed by atoms with E-state index in [1.165, 1.54) is 0 Å². The highest BCUT2D eigenvalue weighted by Crippen LogP contribution is 2.22. The summed E-state index contributed by atoms with van der Waals surface area (Å²) in [4.78, 5) is 11.6. The van der Waals surface area contributed by atoms with Crippen LogP contribution in [-0.2, 0) is 4.79 Å². The van der Waals surface area contributed by atoms with E-state index in [9.17, 15) is 4.79 Å². The molecular formula is C15H24N2O2. The summed E-state index contributed by atoms with van der Waals surface area (Å²) in [5.41, 5.74) is 7.58. The number of nitrogens with one attached hydrogen (secondary N) is 1. The molecule has 4 heteroatoms. The van der Waals surface area contributed by atoms with Crippen molar-refractivity contribution in [2.24, 2.45) is 5.73 Å². The Hall–Kier alpha value is -1.55. The van der Waals surface area contributed by atoms with Crippen molar-refractivity contribution in [2.45, 2.75) is 39.7 Å². The zero-order chi connectivity index (χ0) is 14.5. The number of nitrogens with two attached hydrogens (primary N) is 1. The number of para-hydroxylation sites is 1. The maximum atomic E-state index is 11.6. The number of aryl methyl sites for hydroxylation is 2. The molecule has 0 aliphatic carbocycles. The molecule has 106 valence electrons. The highest BCUT2D eigenvalue weighted by molar-refractivity contribution is 5.76. The van der Waals surface area contributed by atoms with Crippen LogP contribution in [-0.4, -0.2) is 24.6 Å². The number of benzene rings is 1. The van der Waals surface area contributed by atoms with E-state index in [1.54, 1.807) is 0 Å². The number of carbonyl (C=O) groups excluding carboxylic acids is 1. The molecular weight excluding hydrogens is 240 g/mol. The molecule has 0 unspecified atom stereocenters. The van der Waals surface area contributed by atoms with Crippen LogP contribution in [0.3, 0.4) is 0 Å². The number of hydrogen-bond acceptors (Lipinski definition) is 3. The molecule has 19 heavy (non-hydrogen) atoms. The predicted molar refractivity (Wildman–Crippen MR) is 77.3 cm³/mol. The van der Waals surface area contributed by atoms with Crippen LogP contribution in [0.4, 0.5) is 0 Å². The fourth-order valence-electron chi connectivity index (χ4n) is 1.69. The first kappa shape index (κ1) is 15.5. The van der Waals surface area contributed by atoms with Gasteiger partial charge in [-0.25, -0.2) is 0 Å². The summed E-state index contributed by atoms with van der Waals surface area (Å²) in [5.74, 6) is 0.833. The van der Waals surface area contributed by atoms with Gasteiger partial charge in [-0.3, -0.25) is 4.79 Å². The van der Waals surface area contributed by atoms with Gasteiger partial charge >= 0.3 is 0 Å². The summed E-state index contributed by atoms with van der Waals surface area (Å²) in [6.45, 7) is 8.59. The molecule has 0 spiro atoms. The smallest absolute Gasteiger partial charge is 0.223 e. The zero-order valence-corrected chi connectivity index (χ0v) is 12.2. The lowest BCUT2D eigenvalue weighted by Gasteiger charge is -2.19. The lowest BCUT2D eigenvalue weighted by molar-refractivity contribution is -0.121. The standard InChI is InChI=1S/C15H24N2O2/c1-11-6-5-7-12(2)14(11)19-9-8-13(18)17-10-15(3,4)16/h5-7H,8-10,16H2,1-4H3,(H,17,18). The summed E-state index contributed by atoms with van der Waals surface area (Å²) in [6, 6.07) is 5.99. The Kier molecular flexibility index (Phi) is 5.36. The fourth-order valence-corrected chi connectivity index (χ4v) is 1.69. The molecule has 0 saturated heterocycles. The van der Waals surface area contributed by atoms with E-state index < -0.39 is 0 Å². The van der Waals surface area contributed by atoms with Gasteiger partial charge in [0.2, 0.25) is 5.91 Å². The molecule has 0 radical (unpaired) electrons. The summed E-state index contributed by atoms with van der Waals surface area (Å²) >= 11 is 0. The van der Waals surface area contributed by atoms with E-state index in [1.807, 2.05) is 45.9 Å². The number of ether oxygens (including phenoxy) is 1. The zero-order valence-electron chi connectivity index (χ0n) is 12.2. The normalized spacial score (nSPS) is 11.2. The van der Waals surface area contributed by atoms with Crippen LogP contribution in [0.5, 0.6) is 5.75 Å². The van der Waals surface area contributed by atoms with Crippen LogP contribution < -0.4 is 15.8 Å². The van der Waals surface area contributed by atoms with Crippen molar-refractivity contribution < 1.29 is 9.53 Å². The molecule has 0 aliphatic rings. The molecule has 1 aromatic carbocycles. The van der Waals surface area contributed by atoms with Gasteiger partial charge in [-0.05, 0) is 38.8 Å². The maximum absolute atomic E-state index is 11.6. The molecule has 3 N–H and O–H groups in total. The van der Waals surface area contributed by atoms with Crippen molar-refractivity contribution in [2.75, 3.05) is 13.2 Å². The molecule has 0 heterocycles. The summed E-state index contributed by atoms with van der Waals surface area (Å²) in [5, 5.41) is 2.79. The Balaban J connectivity index is 2.36. The van der Waals surface area contributed by atoms with Crippen LogP contribution in [0.2, 0.25) is 0 Å². The highest BCUT2D eigenvalue weighted by atomic mass is 16.5. The minimum atomic E-state index is -0.386. The Morgan fingerprint density at radius 3 is 2.42 bits per heavy atom. The molecule has 0 atom stereocenters. The van der Waals surface area contributed by atoms with Gasteiger partial charge < -0.3 is 15.8 Å². The van der Waals surface area contributed by atoms with Crippen LogP contribution >= 0.6 is 0 Å². The molecule has 4 nitrogen and oxygen atoms in total. The van der Waals surface area contributed by atoms with Crippen molar-refractivity contribution in [3.63, 3.8) is 0 Å².